The Morgan fingerprint density at radius 3 is 2.72 bits per heavy atom. The first-order valence-corrected chi connectivity index (χ1v) is 8.75. The third kappa shape index (κ3) is 3.99. The molecule has 0 spiro atoms. The highest BCUT2D eigenvalue weighted by Crippen LogP contribution is 2.30. The maximum absolute atomic E-state index is 12.2. The molecule has 1 aliphatic rings. The maximum atomic E-state index is 12.2. The first kappa shape index (κ1) is 17.4. The molecule has 0 saturated carbocycles. The Morgan fingerprint density at radius 2 is 2.04 bits per heavy atom. The van der Waals surface area contributed by atoms with E-state index >= 15 is 0 Å². The molecule has 2 heterocycles. The summed E-state index contributed by atoms with van der Waals surface area (Å²) in [5.41, 5.74) is 3.55. The largest absolute Gasteiger partial charge is 0.336 e. The molecule has 0 bridgehead atoms. The zero-order valence-electron chi connectivity index (χ0n) is 15.1. The molecule has 2 atom stereocenters. The number of hydrogen-bond acceptors (Lipinski definition) is 3. The van der Waals surface area contributed by atoms with Crippen molar-refractivity contribution in [2.75, 3.05) is 13.6 Å². The van der Waals surface area contributed by atoms with Crippen LogP contribution in [0.1, 0.15) is 37.1 Å². The van der Waals surface area contributed by atoms with Gasteiger partial charge in [0.25, 0.3) is 0 Å². The monoisotopic (exact) mass is 338 g/mol. The number of likely N-dealkylation sites (N-methyl/N-ethyl adjacent to an activating group) is 1. The van der Waals surface area contributed by atoms with Gasteiger partial charge in [-0.05, 0) is 25.0 Å². The van der Waals surface area contributed by atoms with Gasteiger partial charge in [0.15, 0.2) is 0 Å². The lowest BCUT2D eigenvalue weighted by Gasteiger charge is -2.39. The quantitative estimate of drug-likeness (QED) is 0.912. The first-order valence-electron chi connectivity index (χ1n) is 8.75. The molecule has 1 aromatic carbocycles. The number of nitrogens with one attached hydrogen (secondary N) is 1. The summed E-state index contributed by atoms with van der Waals surface area (Å²) in [7, 11) is 3.82. The Labute approximate surface area is 149 Å². The Kier molecular flexibility index (Phi) is 5.34. The van der Waals surface area contributed by atoms with Crippen LogP contribution in [0.15, 0.2) is 48.2 Å². The predicted octanol–water partition coefficient (Wildman–Crippen LogP) is 2.78. The number of benzene rings is 1. The molecule has 1 fully saturated rings. The van der Waals surface area contributed by atoms with Crippen LogP contribution in [0.25, 0.3) is 6.08 Å². The summed E-state index contributed by atoms with van der Waals surface area (Å²) in [5, 5.41) is 7.93. The summed E-state index contributed by atoms with van der Waals surface area (Å²) >= 11 is 0. The lowest BCUT2D eigenvalue weighted by atomic mass is 9.93. The van der Waals surface area contributed by atoms with E-state index < -0.39 is 0 Å². The number of likely N-dealkylation sites (tertiary alicyclic amines) is 1. The van der Waals surface area contributed by atoms with Crippen molar-refractivity contribution < 1.29 is 4.79 Å². The number of piperidine rings is 1. The van der Waals surface area contributed by atoms with Gasteiger partial charge in [0.2, 0.25) is 5.91 Å². The normalized spacial score (nSPS) is 21.6. The fourth-order valence-corrected chi connectivity index (χ4v) is 3.51. The number of amides is 1. The van der Waals surface area contributed by atoms with Crippen molar-refractivity contribution in [1.82, 2.24) is 20.0 Å². The fraction of sp³-hybridized carbons (Fsp3) is 0.400. The van der Waals surface area contributed by atoms with E-state index in [-0.39, 0.29) is 18.0 Å². The Bertz CT molecular complexity index is 750. The van der Waals surface area contributed by atoms with E-state index in [9.17, 15) is 4.79 Å². The molecular weight excluding hydrogens is 312 g/mol. The van der Waals surface area contributed by atoms with E-state index in [4.69, 9.17) is 0 Å². The highest BCUT2D eigenvalue weighted by atomic mass is 16.2. The standard InChI is InChI=1S/C20H26N4O/c1-15(13-16-7-5-4-6-8-16)14-21-17-9-10-19(25)23(2)20(17)18-11-12-22-24(18)3/h4-8,11-13,17,20-21H,9-10,14H2,1-3H3/b15-13+/t17-,20-/m1/s1. The minimum Gasteiger partial charge on any atom is -0.336 e. The van der Waals surface area contributed by atoms with Gasteiger partial charge < -0.3 is 10.2 Å². The van der Waals surface area contributed by atoms with Crippen molar-refractivity contribution in [3.63, 3.8) is 0 Å². The smallest absolute Gasteiger partial charge is 0.222 e. The van der Waals surface area contributed by atoms with Crippen molar-refractivity contribution in [2.45, 2.75) is 31.8 Å². The van der Waals surface area contributed by atoms with E-state index in [1.807, 2.05) is 47.9 Å². The summed E-state index contributed by atoms with van der Waals surface area (Å²) in [6.07, 6.45) is 5.42. The van der Waals surface area contributed by atoms with Crippen molar-refractivity contribution in [2.24, 2.45) is 7.05 Å². The maximum Gasteiger partial charge on any atom is 0.222 e. The van der Waals surface area contributed by atoms with Gasteiger partial charge >= 0.3 is 0 Å². The molecule has 0 aliphatic carbocycles. The highest BCUT2D eigenvalue weighted by molar-refractivity contribution is 5.77. The summed E-state index contributed by atoms with van der Waals surface area (Å²) in [6.45, 7) is 2.94. The van der Waals surface area contributed by atoms with Gasteiger partial charge in [-0.25, -0.2) is 0 Å². The summed E-state index contributed by atoms with van der Waals surface area (Å²) in [5.74, 6) is 0.195. The zero-order chi connectivity index (χ0) is 17.8. The van der Waals surface area contributed by atoms with Crippen molar-refractivity contribution >= 4 is 12.0 Å². The fourth-order valence-electron chi connectivity index (χ4n) is 3.51. The van der Waals surface area contributed by atoms with Crippen LogP contribution in [0, 0.1) is 0 Å². The van der Waals surface area contributed by atoms with Gasteiger partial charge in [0.1, 0.15) is 0 Å². The highest BCUT2D eigenvalue weighted by Gasteiger charge is 2.35. The zero-order valence-corrected chi connectivity index (χ0v) is 15.1. The van der Waals surface area contributed by atoms with Crippen molar-refractivity contribution in [1.29, 1.82) is 0 Å². The van der Waals surface area contributed by atoms with Crippen molar-refractivity contribution in [3.05, 3.63) is 59.4 Å². The molecule has 1 aromatic heterocycles. The third-order valence-corrected chi connectivity index (χ3v) is 4.88. The number of nitrogens with zero attached hydrogens (tertiary/aromatic N) is 3. The second-order valence-electron chi connectivity index (χ2n) is 6.76. The lowest BCUT2D eigenvalue weighted by molar-refractivity contribution is -0.136. The molecule has 1 amide bonds. The van der Waals surface area contributed by atoms with Gasteiger partial charge in [-0.15, -0.1) is 0 Å². The van der Waals surface area contributed by atoms with E-state index in [2.05, 4.69) is 35.5 Å². The van der Waals surface area contributed by atoms with E-state index in [1.165, 1.54) is 11.1 Å². The first-order chi connectivity index (χ1) is 12.1. The van der Waals surface area contributed by atoms with Crippen molar-refractivity contribution in [3.8, 4) is 0 Å². The van der Waals surface area contributed by atoms with Crippen LogP contribution >= 0.6 is 0 Å². The Morgan fingerprint density at radius 1 is 1.28 bits per heavy atom. The average Bonchev–Trinajstić information content (AvgIpc) is 3.02. The van der Waals surface area contributed by atoms with E-state index in [0.29, 0.717) is 6.42 Å². The van der Waals surface area contributed by atoms with Gasteiger partial charge in [0, 0.05) is 39.3 Å². The van der Waals surface area contributed by atoms with Gasteiger partial charge in [-0.3, -0.25) is 9.48 Å². The number of aromatic nitrogens is 2. The predicted molar refractivity (Wildman–Crippen MR) is 99.8 cm³/mol. The minimum absolute atomic E-state index is 0.0123. The van der Waals surface area contributed by atoms with E-state index in [0.717, 1.165) is 18.7 Å². The summed E-state index contributed by atoms with van der Waals surface area (Å²) in [6, 6.07) is 12.6. The average molecular weight is 338 g/mol. The molecule has 5 heteroatoms. The minimum atomic E-state index is 0.0123. The Hall–Kier alpha value is -2.40. The molecule has 132 valence electrons. The third-order valence-electron chi connectivity index (χ3n) is 4.88. The van der Waals surface area contributed by atoms with Gasteiger partial charge in [-0.1, -0.05) is 42.0 Å². The molecule has 1 N–H and O–H groups in total. The topological polar surface area (TPSA) is 50.2 Å². The number of aryl methyl sites for hydroxylation is 1. The van der Waals surface area contributed by atoms with E-state index in [1.54, 1.807) is 6.20 Å². The molecule has 2 aromatic rings. The Balaban J connectivity index is 1.72. The van der Waals surface area contributed by atoms with Gasteiger partial charge in [0.05, 0.1) is 11.7 Å². The number of carbonyl (C=O) groups excluding carboxylic acids is 1. The van der Waals surface area contributed by atoms with Crippen LogP contribution in [0.5, 0.6) is 0 Å². The van der Waals surface area contributed by atoms with Crippen LogP contribution in [0.3, 0.4) is 0 Å². The second-order valence-corrected chi connectivity index (χ2v) is 6.76. The SMILES string of the molecule is C/C(=C\c1ccccc1)CN[C@@H]1CCC(=O)N(C)[C@H]1c1ccnn1C. The molecule has 1 aliphatic heterocycles. The number of hydrogen-bond donors (Lipinski definition) is 1. The molecular formula is C20H26N4O. The number of rotatable bonds is 5. The van der Waals surface area contributed by atoms with Crippen LogP contribution in [-0.4, -0.2) is 40.2 Å². The summed E-state index contributed by atoms with van der Waals surface area (Å²) in [4.78, 5) is 14.0. The van der Waals surface area contributed by atoms with Crippen LogP contribution in [0.2, 0.25) is 0 Å². The molecule has 3 rings (SSSR count). The second kappa shape index (κ2) is 7.66. The van der Waals surface area contributed by atoms with Crippen LogP contribution in [0.4, 0.5) is 0 Å². The molecule has 5 nitrogen and oxygen atoms in total. The molecule has 1 saturated heterocycles. The van der Waals surface area contributed by atoms with Crippen LogP contribution < -0.4 is 5.32 Å². The molecule has 0 radical (unpaired) electrons. The number of carbonyl (C=O) groups is 1. The van der Waals surface area contributed by atoms with Gasteiger partial charge in [-0.2, -0.15) is 5.10 Å². The summed E-state index contributed by atoms with van der Waals surface area (Å²) < 4.78 is 1.86. The van der Waals surface area contributed by atoms with Crippen LogP contribution in [-0.2, 0) is 11.8 Å². The molecule has 25 heavy (non-hydrogen) atoms. The lowest BCUT2D eigenvalue weighted by Crippen LogP contribution is -2.50. The molecule has 0 unspecified atom stereocenters.